The van der Waals surface area contributed by atoms with Gasteiger partial charge in [0.1, 0.15) is 0 Å². The lowest BCUT2D eigenvalue weighted by molar-refractivity contribution is 0.309. The molecule has 0 amide bonds. The molecule has 0 bridgehead atoms. The molecule has 0 spiro atoms. The lowest BCUT2D eigenvalue weighted by Gasteiger charge is -2.27. The van der Waals surface area contributed by atoms with Crippen LogP contribution in [-0.2, 0) is 19.5 Å². The van der Waals surface area contributed by atoms with E-state index in [-0.39, 0.29) is 0 Å². The van der Waals surface area contributed by atoms with E-state index in [9.17, 15) is 0 Å². The fourth-order valence-electron chi connectivity index (χ4n) is 4.60. The summed E-state index contributed by atoms with van der Waals surface area (Å²) in [5.74, 6) is 1.64. The maximum absolute atomic E-state index is 2.65. The zero-order valence-corrected chi connectivity index (χ0v) is 13.4. The number of nitrogens with zero attached hydrogens (tertiary/aromatic N) is 2. The first-order valence-electron chi connectivity index (χ1n) is 8.70. The zero-order chi connectivity index (χ0) is 15.2. The number of rotatable bonds is 2. The second-order valence-corrected chi connectivity index (χ2v) is 7.21. The fourth-order valence-corrected chi connectivity index (χ4v) is 4.60. The fraction of sp³-hybridized carbons (Fsp3) is 0.333. The number of para-hydroxylation sites is 1. The predicted octanol–water partition coefficient (Wildman–Crippen LogP) is 3.95. The molecule has 3 heterocycles. The third kappa shape index (κ3) is 2.29. The van der Waals surface area contributed by atoms with Crippen molar-refractivity contribution < 1.29 is 0 Å². The highest BCUT2D eigenvalue weighted by Crippen LogP contribution is 2.36. The Labute approximate surface area is 137 Å². The van der Waals surface area contributed by atoms with Gasteiger partial charge in [0.2, 0.25) is 0 Å². The minimum absolute atomic E-state index is 0.807. The average Bonchev–Trinajstić information content (AvgIpc) is 3.13. The molecule has 23 heavy (non-hydrogen) atoms. The van der Waals surface area contributed by atoms with Gasteiger partial charge in [-0.1, -0.05) is 48.5 Å². The Hall–Kier alpha value is -2.06. The summed E-state index contributed by atoms with van der Waals surface area (Å²) < 4.78 is 2.57. The topological polar surface area (TPSA) is 8.17 Å². The molecule has 2 aliphatic heterocycles. The van der Waals surface area contributed by atoms with Gasteiger partial charge in [-0.2, -0.15) is 0 Å². The highest BCUT2D eigenvalue weighted by Gasteiger charge is 2.36. The first-order valence-corrected chi connectivity index (χ1v) is 8.70. The van der Waals surface area contributed by atoms with Crippen LogP contribution in [-0.4, -0.2) is 22.6 Å². The van der Waals surface area contributed by atoms with Gasteiger partial charge in [0.05, 0.1) is 0 Å². The van der Waals surface area contributed by atoms with E-state index in [4.69, 9.17) is 0 Å². The van der Waals surface area contributed by atoms with Crippen LogP contribution in [0.5, 0.6) is 0 Å². The summed E-state index contributed by atoms with van der Waals surface area (Å²) in [6.45, 7) is 4.79. The molecule has 2 aliphatic rings. The van der Waals surface area contributed by atoms with Crippen LogP contribution in [0.2, 0.25) is 0 Å². The van der Waals surface area contributed by atoms with Crippen molar-refractivity contribution in [2.45, 2.75) is 19.5 Å². The number of likely N-dealkylation sites (tertiary alicyclic amines) is 1. The highest BCUT2D eigenvalue weighted by atomic mass is 15.2. The van der Waals surface area contributed by atoms with Gasteiger partial charge in [-0.3, -0.25) is 4.90 Å². The van der Waals surface area contributed by atoms with Gasteiger partial charge in [0.15, 0.2) is 0 Å². The molecule has 1 aromatic heterocycles. The molecule has 0 radical (unpaired) electrons. The van der Waals surface area contributed by atoms with Gasteiger partial charge in [-0.05, 0) is 41.3 Å². The van der Waals surface area contributed by atoms with E-state index in [2.05, 4.69) is 70.1 Å². The Morgan fingerprint density at radius 1 is 0.826 bits per heavy atom. The summed E-state index contributed by atoms with van der Waals surface area (Å²) in [5, 5.41) is 1.41. The van der Waals surface area contributed by atoms with Crippen molar-refractivity contribution in [3.8, 4) is 0 Å². The Morgan fingerprint density at radius 2 is 1.61 bits per heavy atom. The normalized spacial score (nSPS) is 23.8. The van der Waals surface area contributed by atoms with Gasteiger partial charge in [0, 0.05) is 37.4 Å². The van der Waals surface area contributed by atoms with Crippen LogP contribution in [0.25, 0.3) is 10.9 Å². The molecule has 0 N–H and O–H groups in total. The Kier molecular flexibility index (Phi) is 3.05. The number of benzene rings is 2. The molecule has 0 aliphatic carbocycles. The zero-order valence-electron chi connectivity index (χ0n) is 13.4. The molecule has 1 fully saturated rings. The molecule has 2 nitrogen and oxygen atoms in total. The number of aromatic nitrogens is 1. The molecule has 2 aromatic carbocycles. The number of fused-ring (bicyclic) bond motifs is 4. The Morgan fingerprint density at radius 3 is 2.52 bits per heavy atom. The van der Waals surface area contributed by atoms with Gasteiger partial charge in [0.25, 0.3) is 0 Å². The van der Waals surface area contributed by atoms with Gasteiger partial charge in [-0.15, -0.1) is 0 Å². The average molecular weight is 302 g/mol. The van der Waals surface area contributed by atoms with E-state index in [1.54, 1.807) is 0 Å². The lowest BCUT2D eigenvalue weighted by Crippen LogP contribution is -2.27. The van der Waals surface area contributed by atoms with Gasteiger partial charge >= 0.3 is 0 Å². The molecular formula is C21H22N2. The minimum atomic E-state index is 0.807. The SMILES string of the molecule is c1ccc(CN2C[C@@H]3Cn4c(cc5ccccc54)C[C@H]3C2)cc1. The second-order valence-electron chi connectivity index (χ2n) is 7.21. The van der Waals surface area contributed by atoms with E-state index in [1.807, 2.05) is 0 Å². The smallest absolute Gasteiger partial charge is 0.0482 e. The number of hydrogen-bond acceptors (Lipinski definition) is 1. The molecule has 0 unspecified atom stereocenters. The van der Waals surface area contributed by atoms with Crippen LogP contribution in [0.1, 0.15) is 11.3 Å². The quantitative estimate of drug-likeness (QED) is 0.696. The van der Waals surface area contributed by atoms with Gasteiger partial charge in [-0.25, -0.2) is 0 Å². The molecule has 5 rings (SSSR count). The summed E-state index contributed by atoms with van der Waals surface area (Å²) in [5.41, 5.74) is 4.40. The van der Waals surface area contributed by atoms with Crippen molar-refractivity contribution in [3.05, 3.63) is 71.9 Å². The molecule has 2 atom stereocenters. The molecular weight excluding hydrogens is 280 g/mol. The van der Waals surface area contributed by atoms with Crippen LogP contribution in [0, 0.1) is 11.8 Å². The van der Waals surface area contributed by atoms with Gasteiger partial charge < -0.3 is 4.57 Å². The summed E-state index contributed by atoms with van der Waals surface area (Å²) >= 11 is 0. The molecule has 0 saturated carbocycles. The molecule has 116 valence electrons. The van der Waals surface area contributed by atoms with Crippen LogP contribution >= 0.6 is 0 Å². The van der Waals surface area contributed by atoms with Crippen molar-refractivity contribution >= 4 is 10.9 Å². The van der Waals surface area contributed by atoms with E-state index >= 15 is 0 Å². The van der Waals surface area contributed by atoms with Crippen molar-refractivity contribution in [3.63, 3.8) is 0 Å². The van der Waals surface area contributed by atoms with Crippen molar-refractivity contribution in [1.82, 2.24) is 9.47 Å². The highest BCUT2D eigenvalue weighted by molar-refractivity contribution is 5.81. The maximum Gasteiger partial charge on any atom is 0.0482 e. The van der Waals surface area contributed by atoms with Crippen molar-refractivity contribution in [1.29, 1.82) is 0 Å². The summed E-state index contributed by atoms with van der Waals surface area (Å²) in [4.78, 5) is 2.65. The largest absolute Gasteiger partial charge is 0.344 e. The lowest BCUT2D eigenvalue weighted by atomic mass is 9.88. The minimum Gasteiger partial charge on any atom is -0.344 e. The molecule has 1 saturated heterocycles. The Balaban J connectivity index is 1.38. The summed E-state index contributed by atoms with van der Waals surface area (Å²) in [6, 6.07) is 22.1. The predicted molar refractivity (Wildman–Crippen MR) is 94.3 cm³/mol. The van der Waals surface area contributed by atoms with Crippen LogP contribution in [0.15, 0.2) is 60.7 Å². The van der Waals surface area contributed by atoms with E-state index in [1.165, 1.54) is 48.2 Å². The third-order valence-electron chi connectivity index (χ3n) is 5.69. The van der Waals surface area contributed by atoms with E-state index in [0.717, 1.165) is 18.4 Å². The second kappa shape index (κ2) is 5.24. The Bertz CT molecular complexity index is 833. The molecule has 2 heteroatoms. The summed E-state index contributed by atoms with van der Waals surface area (Å²) in [7, 11) is 0. The van der Waals surface area contributed by atoms with E-state index in [0.29, 0.717) is 0 Å². The maximum atomic E-state index is 2.65. The van der Waals surface area contributed by atoms with Crippen LogP contribution in [0.4, 0.5) is 0 Å². The standard InChI is InChI=1S/C21H22N2/c1-2-6-16(7-3-1)12-22-13-18-11-20-10-17-8-4-5-9-21(17)23(20)15-19(18)14-22/h1-10,18-19H,11-15H2/t18-,19+/m0/s1. The third-order valence-corrected chi connectivity index (χ3v) is 5.69. The monoisotopic (exact) mass is 302 g/mol. The van der Waals surface area contributed by atoms with Crippen molar-refractivity contribution in [2.24, 2.45) is 11.8 Å². The van der Waals surface area contributed by atoms with Crippen LogP contribution in [0.3, 0.4) is 0 Å². The van der Waals surface area contributed by atoms with E-state index < -0.39 is 0 Å². The summed E-state index contributed by atoms with van der Waals surface area (Å²) in [6.07, 6.45) is 1.24. The first-order chi connectivity index (χ1) is 11.4. The first kappa shape index (κ1) is 13.4. The number of hydrogen-bond donors (Lipinski definition) is 0. The van der Waals surface area contributed by atoms with Crippen LogP contribution < -0.4 is 0 Å². The molecule has 3 aromatic rings. The van der Waals surface area contributed by atoms with Crippen molar-refractivity contribution in [2.75, 3.05) is 13.1 Å².